The summed E-state index contributed by atoms with van der Waals surface area (Å²) in [4.78, 5) is 10.4. The van der Waals surface area contributed by atoms with Crippen LogP contribution in [0.5, 0.6) is 0 Å². The lowest BCUT2D eigenvalue weighted by Crippen LogP contribution is -1.84. The van der Waals surface area contributed by atoms with E-state index in [0.29, 0.717) is 16.5 Å². The van der Waals surface area contributed by atoms with Gasteiger partial charge in [0.05, 0.1) is 5.02 Å². The SMILES string of the molecule is O=C(O)/C=C/c1ccc(-c2ccc(Br)c(Cl)c2)o1. The van der Waals surface area contributed by atoms with Crippen molar-refractivity contribution >= 4 is 39.6 Å². The molecule has 0 atom stereocenters. The lowest BCUT2D eigenvalue weighted by atomic mass is 10.2. The van der Waals surface area contributed by atoms with Crippen LogP contribution >= 0.6 is 27.5 Å². The highest BCUT2D eigenvalue weighted by molar-refractivity contribution is 9.10. The van der Waals surface area contributed by atoms with Crippen LogP contribution < -0.4 is 0 Å². The van der Waals surface area contributed by atoms with Gasteiger partial charge in [-0.1, -0.05) is 17.7 Å². The molecule has 1 heterocycles. The smallest absolute Gasteiger partial charge is 0.328 e. The van der Waals surface area contributed by atoms with Crippen molar-refractivity contribution in [2.24, 2.45) is 0 Å². The Hall–Kier alpha value is -1.52. The first kappa shape index (κ1) is 12.9. The van der Waals surface area contributed by atoms with E-state index in [9.17, 15) is 4.79 Å². The number of halogens is 2. The van der Waals surface area contributed by atoms with Crippen LogP contribution in [0.15, 0.2) is 45.3 Å². The summed E-state index contributed by atoms with van der Waals surface area (Å²) in [5.41, 5.74) is 0.832. The molecule has 18 heavy (non-hydrogen) atoms. The Morgan fingerprint density at radius 3 is 2.78 bits per heavy atom. The molecule has 5 heteroatoms. The molecule has 0 unspecified atom stereocenters. The summed E-state index contributed by atoms with van der Waals surface area (Å²) in [6, 6.07) is 8.92. The van der Waals surface area contributed by atoms with E-state index in [-0.39, 0.29) is 0 Å². The van der Waals surface area contributed by atoms with E-state index in [4.69, 9.17) is 21.1 Å². The highest BCUT2D eigenvalue weighted by atomic mass is 79.9. The van der Waals surface area contributed by atoms with Gasteiger partial charge in [0.2, 0.25) is 0 Å². The van der Waals surface area contributed by atoms with Crippen LogP contribution in [0, 0.1) is 0 Å². The first-order valence-electron chi connectivity index (χ1n) is 5.02. The maximum Gasteiger partial charge on any atom is 0.328 e. The molecule has 0 aliphatic rings. The van der Waals surface area contributed by atoms with Crippen molar-refractivity contribution in [1.82, 2.24) is 0 Å². The van der Waals surface area contributed by atoms with E-state index in [2.05, 4.69) is 15.9 Å². The number of carbonyl (C=O) groups is 1. The zero-order valence-electron chi connectivity index (χ0n) is 9.06. The molecule has 0 aliphatic heterocycles. The number of hydrogen-bond donors (Lipinski definition) is 1. The molecule has 0 radical (unpaired) electrons. The highest BCUT2D eigenvalue weighted by Crippen LogP contribution is 2.29. The Morgan fingerprint density at radius 1 is 1.33 bits per heavy atom. The number of hydrogen-bond acceptors (Lipinski definition) is 2. The molecule has 0 saturated heterocycles. The minimum atomic E-state index is -1.01. The Balaban J connectivity index is 2.29. The van der Waals surface area contributed by atoms with Crippen LogP contribution in [0.3, 0.4) is 0 Å². The van der Waals surface area contributed by atoms with Gasteiger partial charge >= 0.3 is 5.97 Å². The van der Waals surface area contributed by atoms with Crippen molar-refractivity contribution in [3.8, 4) is 11.3 Å². The van der Waals surface area contributed by atoms with E-state index in [1.54, 1.807) is 18.2 Å². The second-order valence-corrected chi connectivity index (χ2v) is 4.76. The predicted molar refractivity (Wildman–Crippen MR) is 73.5 cm³/mol. The molecule has 2 rings (SSSR count). The maximum atomic E-state index is 10.4. The molecule has 0 fully saturated rings. The number of carboxylic acid groups (broad SMARTS) is 1. The third-order valence-electron chi connectivity index (χ3n) is 2.22. The molecule has 1 aromatic heterocycles. The minimum absolute atomic E-state index is 0.478. The van der Waals surface area contributed by atoms with E-state index < -0.39 is 5.97 Å². The van der Waals surface area contributed by atoms with Crippen molar-refractivity contribution in [2.75, 3.05) is 0 Å². The maximum absolute atomic E-state index is 10.4. The quantitative estimate of drug-likeness (QED) is 0.847. The van der Waals surface area contributed by atoms with Crippen LogP contribution in [-0.4, -0.2) is 11.1 Å². The Bertz CT molecular complexity index is 616. The van der Waals surface area contributed by atoms with Crippen molar-refractivity contribution in [2.45, 2.75) is 0 Å². The first-order valence-corrected chi connectivity index (χ1v) is 6.19. The van der Waals surface area contributed by atoms with Crippen LogP contribution in [0.25, 0.3) is 17.4 Å². The zero-order valence-corrected chi connectivity index (χ0v) is 11.4. The Kier molecular flexibility index (Phi) is 3.89. The van der Waals surface area contributed by atoms with Gasteiger partial charge in [0.15, 0.2) is 0 Å². The van der Waals surface area contributed by atoms with Crippen molar-refractivity contribution in [3.63, 3.8) is 0 Å². The Morgan fingerprint density at radius 2 is 2.11 bits per heavy atom. The first-order chi connectivity index (χ1) is 8.56. The fourth-order valence-corrected chi connectivity index (χ4v) is 1.83. The molecule has 0 aliphatic carbocycles. The van der Waals surface area contributed by atoms with Gasteiger partial charge in [0, 0.05) is 16.1 Å². The van der Waals surface area contributed by atoms with Crippen molar-refractivity contribution in [1.29, 1.82) is 0 Å². The average Bonchev–Trinajstić information content (AvgIpc) is 2.79. The van der Waals surface area contributed by atoms with Gasteiger partial charge in [-0.2, -0.15) is 0 Å². The van der Waals surface area contributed by atoms with Gasteiger partial charge < -0.3 is 9.52 Å². The Labute approximate surface area is 117 Å². The van der Waals surface area contributed by atoms with E-state index in [0.717, 1.165) is 16.1 Å². The second kappa shape index (κ2) is 5.42. The van der Waals surface area contributed by atoms with E-state index in [1.807, 2.05) is 12.1 Å². The summed E-state index contributed by atoms with van der Waals surface area (Å²) < 4.78 is 6.30. The molecule has 1 N–H and O–H groups in total. The van der Waals surface area contributed by atoms with Crippen molar-refractivity contribution in [3.05, 3.63) is 51.7 Å². The average molecular weight is 328 g/mol. The van der Waals surface area contributed by atoms with Gasteiger partial charge in [-0.05, 0) is 46.3 Å². The standard InChI is InChI=1S/C13H8BrClO3/c14-10-4-1-8(7-11(10)15)12-5-2-9(18-12)3-6-13(16)17/h1-7H,(H,16,17)/b6-3+. The number of carboxylic acids is 1. The second-order valence-electron chi connectivity index (χ2n) is 3.50. The van der Waals surface area contributed by atoms with Gasteiger partial charge in [-0.3, -0.25) is 0 Å². The largest absolute Gasteiger partial charge is 0.478 e. The molecule has 92 valence electrons. The molecule has 3 nitrogen and oxygen atoms in total. The van der Waals surface area contributed by atoms with Crippen molar-refractivity contribution < 1.29 is 14.3 Å². The summed E-state index contributed by atoms with van der Waals surface area (Å²) in [6.07, 6.45) is 2.42. The van der Waals surface area contributed by atoms with Crippen LogP contribution in [0.4, 0.5) is 0 Å². The number of benzene rings is 1. The van der Waals surface area contributed by atoms with Gasteiger partial charge in [0.25, 0.3) is 0 Å². The van der Waals surface area contributed by atoms with Crippen LogP contribution in [0.2, 0.25) is 5.02 Å². The summed E-state index contributed by atoms with van der Waals surface area (Å²) in [6.45, 7) is 0. The lowest BCUT2D eigenvalue weighted by Gasteiger charge is -1.99. The van der Waals surface area contributed by atoms with E-state index in [1.165, 1.54) is 6.08 Å². The molecule has 0 spiro atoms. The third kappa shape index (κ3) is 3.03. The van der Waals surface area contributed by atoms with Gasteiger partial charge in [-0.15, -0.1) is 0 Å². The van der Waals surface area contributed by atoms with Crippen LogP contribution in [0.1, 0.15) is 5.76 Å². The zero-order chi connectivity index (χ0) is 13.1. The molecule has 0 saturated carbocycles. The molecule has 0 bridgehead atoms. The van der Waals surface area contributed by atoms with E-state index >= 15 is 0 Å². The summed E-state index contributed by atoms with van der Waals surface area (Å²) >= 11 is 9.30. The summed E-state index contributed by atoms with van der Waals surface area (Å²) in [7, 11) is 0. The fraction of sp³-hybridized carbons (Fsp3) is 0. The topological polar surface area (TPSA) is 50.4 Å². The fourth-order valence-electron chi connectivity index (χ4n) is 1.40. The molecule has 0 amide bonds. The normalized spacial score (nSPS) is 11.0. The summed E-state index contributed by atoms with van der Waals surface area (Å²) in [5.74, 6) is 0.0977. The number of aliphatic carboxylic acids is 1. The third-order valence-corrected chi connectivity index (χ3v) is 3.45. The number of rotatable bonds is 3. The van der Waals surface area contributed by atoms with Crippen LogP contribution in [-0.2, 0) is 4.79 Å². The summed E-state index contributed by atoms with van der Waals surface area (Å²) in [5, 5.41) is 9.10. The molecular formula is C13H8BrClO3. The van der Waals surface area contributed by atoms with Gasteiger partial charge in [0.1, 0.15) is 11.5 Å². The minimum Gasteiger partial charge on any atom is -0.478 e. The number of furan rings is 1. The monoisotopic (exact) mass is 326 g/mol. The highest BCUT2D eigenvalue weighted by Gasteiger charge is 2.05. The van der Waals surface area contributed by atoms with Gasteiger partial charge in [-0.25, -0.2) is 4.79 Å². The lowest BCUT2D eigenvalue weighted by molar-refractivity contribution is -0.131. The molecule has 2 aromatic rings. The molecule has 1 aromatic carbocycles. The molecular weight excluding hydrogens is 319 g/mol. The predicted octanol–water partition coefficient (Wildman–Crippen LogP) is 4.46.